The highest BCUT2D eigenvalue weighted by Gasteiger charge is 2.38. The van der Waals surface area contributed by atoms with Crippen LogP contribution in [-0.2, 0) is 0 Å². The lowest BCUT2D eigenvalue weighted by molar-refractivity contribution is 0.0799. The molecule has 0 saturated carbocycles. The zero-order chi connectivity index (χ0) is 14.0. The number of allylic oxidation sites excluding steroid dienone is 1. The van der Waals surface area contributed by atoms with E-state index in [0.29, 0.717) is 0 Å². The number of carbonyl (C=O) groups is 1. The monoisotopic (exact) mass is 244 g/mol. The molecule has 1 atom stereocenters. The molecular weight excluding hydrogens is 220 g/mol. The van der Waals surface area contributed by atoms with Gasteiger partial charge in [-0.1, -0.05) is 63.3 Å². The van der Waals surface area contributed by atoms with Crippen LogP contribution in [0.15, 0.2) is 42.5 Å². The van der Waals surface area contributed by atoms with Crippen LogP contribution in [0.3, 0.4) is 0 Å². The van der Waals surface area contributed by atoms with Crippen molar-refractivity contribution in [1.29, 1.82) is 0 Å². The van der Waals surface area contributed by atoms with Crippen molar-refractivity contribution in [3.63, 3.8) is 0 Å². The average Bonchev–Trinajstić information content (AvgIpc) is 2.26. The van der Waals surface area contributed by atoms with Crippen molar-refractivity contribution in [1.82, 2.24) is 0 Å². The van der Waals surface area contributed by atoms with Crippen molar-refractivity contribution in [3.05, 3.63) is 48.0 Å². The average molecular weight is 244 g/mol. The van der Waals surface area contributed by atoms with Gasteiger partial charge in [-0.25, -0.2) is 0 Å². The van der Waals surface area contributed by atoms with Crippen molar-refractivity contribution >= 4 is 5.78 Å². The quantitative estimate of drug-likeness (QED) is 0.544. The Morgan fingerprint density at radius 2 is 1.61 bits per heavy atom. The first-order valence-corrected chi connectivity index (χ1v) is 6.43. The first kappa shape index (κ1) is 14.7. The van der Waals surface area contributed by atoms with Gasteiger partial charge >= 0.3 is 0 Å². The van der Waals surface area contributed by atoms with E-state index in [9.17, 15) is 4.79 Å². The summed E-state index contributed by atoms with van der Waals surface area (Å²) in [5.74, 6) is 0.172. The number of carbonyl (C=O) groups excluding carboxylic acids is 1. The van der Waals surface area contributed by atoms with Crippen LogP contribution in [0.25, 0.3) is 0 Å². The highest BCUT2D eigenvalue weighted by molar-refractivity contribution is 6.02. The highest BCUT2D eigenvalue weighted by atomic mass is 16.1. The van der Waals surface area contributed by atoms with Crippen LogP contribution in [0.4, 0.5) is 0 Å². The van der Waals surface area contributed by atoms with Crippen molar-refractivity contribution in [2.45, 2.75) is 41.0 Å². The smallest absolute Gasteiger partial charge is 0.172 e. The normalized spacial score (nSPS) is 14.9. The molecule has 0 amide bonds. The molecule has 0 aromatic heterocycles. The van der Waals surface area contributed by atoms with Gasteiger partial charge in [-0.3, -0.25) is 4.79 Å². The Morgan fingerprint density at radius 3 is 2.00 bits per heavy atom. The van der Waals surface area contributed by atoms with E-state index in [4.69, 9.17) is 0 Å². The van der Waals surface area contributed by atoms with Crippen molar-refractivity contribution < 1.29 is 4.79 Å². The Bertz CT molecular complexity index is 436. The fourth-order valence-corrected chi connectivity index (χ4v) is 2.39. The molecule has 1 heteroatoms. The molecule has 0 spiro atoms. The van der Waals surface area contributed by atoms with Gasteiger partial charge < -0.3 is 0 Å². The van der Waals surface area contributed by atoms with Crippen LogP contribution < -0.4 is 0 Å². The fraction of sp³-hybridized carbons (Fsp3) is 0.471. The molecule has 0 bridgehead atoms. The maximum Gasteiger partial charge on any atom is 0.172 e. The lowest BCUT2D eigenvalue weighted by atomic mass is 9.67. The molecule has 0 aliphatic heterocycles. The second-order valence-corrected chi connectivity index (χ2v) is 6.55. The van der Waals surface area contributed by atoms with Gasteiger partial charge in [0.2, 0.25) is 0 Å². The predicted octanol–water partition coefficient (Wildman–Crippen LogP) is 4.89. The third-order valence-corrected chi connectivity index (χ3v) is 3.36. The summed E-state index contributed by atoms with van der Waals surface area (Å²) < 4.78 is 0. The van der Waals surface area contributed by atoms with Crippen LogP contribution in [0.1, 0.15) is 51.4 Å². The summed E-state index contributed by atoms with van der Waals surface area (Å²) in [5, 5.41) is 0. The molecule has 1 aromatic rings. The highest BCUT2D eigenvalue weighted by Crippen LogP contribution is 2.40. The summed E-state index contributed by atoms with van der Waals surface area (Å²) in [6.07, 6.45) is 0.809. The van der Waals surface area contributed by atoms with Crippen molar-refractivity contribution in [3.8, 4) is 0 Å². The van der Waals surface area contributed by atoms with Crippen molar-refractivity contribution in [2.75, 3.05) is 0 Å². The number of rotatable bonds is 4. The summed E-state index contributed by atoms with van der Waals surface area (Å²) in [4.78, 5) is 12.7. The maximum absolute atomic E-state index is 12.7. The standard InChI is InChI=1S/C17H24O/c1-13(2)17(6,12-16(3,4)5)15(18)14-10-8-7-9-11-14/h7-11H,1,12H2,2-6H3. The minimum Gasteiger partial charge on any atom is -0.293 e. The van der Waals surface area contributed by atoms with Gasteiger partial charge in [0.25, 0.3) is 0 Å². The molecule has 98 valence electrons. The van der Waals surface area contributed by atoms with E-state index in [1.54, 1.807) is 0 Å². The van der Waals surface area contributed by atoms with E-state index < -0.39 is 5.41 Å². The molecule has 1 rings (SSSR count). The van der Waals surface area contributed by atoms with Crippen LogP contribution in [0, 0.1) is 10.8 Å². The zero-order valence-electron chi connectivity index (χ0n) is 12.2. The molecule has 18 heavy (non-hydrogen) atoms. The summed E-state index contributed by atoms with van der Waals surface area (Å²) in [6.45, 7) is 14.5. The molecular formula is C17H24O. The summed E-state index contributed by atoms with van der Waals surface area (Å²) in [5.41, 5.74) is 1.32. The Kier molecular flexibility index (Phi) is 4.16. The topological polar surface area (TPSA) is 17.1 Å². The zero-order valence-corrected chi connectivity index (χ0v) is 12.2. The predicted molar refractivity (Wildman–Crippen MR) is 77.8 cm³/mol. The largest absolute Gasteiger partial charge is 0.293 e. The van der Waals surface area contributed by atoms with E-state index in [1.807, 2.05) is 44.2 Å². The SMILES string of the molecule is C=C(C)C(C)(CC(C)(C)C)C(=O)c1ccccc1. The summed E-state index contributed by atoms with van der Waals surface area (Å²) in [6, 6.07) is 9.50. The third-order valence-electron chi connectivity index (χ3n) is 3.36. The molecule has 1 nitrogen and oxygen atoms in total. The Balaban J connectivity index is 3.14. The van der Waals surface area contributed by atoms with Crippen LogP contribution >= 0.6 is 0 Å². The number of Topliss-reactive ketones (excluding diaryl/α,β-unsaturated/α-hetero) is 1. The third kappa shape index (κ3) is 3.32. The number of ketones is 1. The van der Waals surface area contributed by atoms with Crippen LogP contribution in [0.5, 0.6) is 0 Å². The lowest BCUT2D eigenvalue weighted by Gasteiger charge is -2.35. The number of hydrogen-bond acceptors (Lipinski definition) is 1. The minimum absolute atomic E-state index is 0.0954. The van der Waals surface area contributed by atoms with Gasteiger partial charge in [-0.15, -0.1) is 0 Å². The van der Waals surface area contributed by atoms with E-state index in [1.165, 1.54) is 0 Å². The molecule has 1 aromatic carbocycles. The maximum atomic E-state index is 12.7. The number of hydrogen-bond donors (Lipinski definition) is 0. The Labute approximate surface area is 111 Å². The molecule has 0 saturated heterocycles. The lowest BCUT2D eigenvalue weighted by Crippen LogP contribution is -2.33. The summed E-state index contributed by atoms with van der Waals surface area (Å²) >= 11 is 0. The second-order valence-electron chi connectivity index (χ2n) is 6.55. The molecule has 1 unspecified atom stereocenters. The second kappa shape index (κ2) is 5.09. The van der Waals surface area contributed by atoms with Gasteiger partial charge in [0.05, 0.1) is 5.41 Å². The fourth-order valence-electron chi connectivity index (χ4n) is 2.39. The van der Waals surface area contributed by atoms with E-state index >= 15 is 0 Å². The van der Waals surface area contributed by atoms with Crippen molar-refractivity contribution in [2.24, 2.45) is 10.8 Å². The molecule has 0 fully saturated rings. The first-order chi connectivity index (χ1) is 8.17. The molecule has 0 heterocycles. The van der Waals surface area contributed by atoms with Gasteiger partial charge in [0.15, 0.2) is 5.78 Å². The molecule has 0 N–H and O–H groups in total. The summed E-state index contributed by atoms with van der Waals surface area (Å²) in [7, 11) is 0. The minimum atomic E-state index is -0.487. The van der Waals surface area contributed by atoms with Gasteiger partial charge in [0, 0.05) is 5.56 Å². The molecule has 0 aliphatic rings. The Morgan fingerprint density at radius 1 is 1.11 bits per heavy atom. The van der Waals surface area contributed by atoms with Crippen LogP contribution in [-0.4, -0.2) is 5.78 Å². The van der Waals surface area contributed by atoms with Gasteiger partial charge in [-0.05, 0) is 25.7 Å². The first-order valence-electron chi connectivity index (χ1n) is 6.43. The Hall–Kier alpha value is -1.37. The van der Waals surface area contributed by atoms with E-state index in [0.717, 1.165) is 17.6 Å². The molecule has 0 aliphatic carbocycles. The van der Waals surface area contributed by atoms with Gasteiger partial charge in [0.1, 0.15) is 0 Å². The number of benzene rings is 1. The van der Waals surface area contributed by atoms with E-state index in [-0.39, 0.29) is 11.2 Å². The van der Waals surface area contributed by atoms with E-state index in [2.05, 4.69) is 27.4 Å². The van der Waals surface area contributed by atoms with Gasteiger partial charge in [-0.2, -0.15) is 0 Å². The van der Waals surface area contributed by atoms with Crippen LogP contribution in [0.2, 0.25) is 0 Å². The molecule has 0 radical (unpaired) electrons.